The molecule has 2 N–H and O–H groups in total. The van der Waals surface area contributed by atoms with Crippen molar-refractivity contribution in [2.75, 3.05) is 30.4 Å². The van der Waals surface area contributed by atoms with Crippen LogP contribution in [-0.2, 0) is 16.1 Å². The summed E-state index contributed by atoms with van der Waals surface area (Å²) < 4.78 is 6.87. The lowest BCUT2D eigenvalue weighted by molar-refractivity contribution is -0.125. The van der Waals surface area contributed by atoms with Gasteiger partial charge in [-0.3, -0.25) is 19.0 Å². The fourth-order valence-corrected chi connectivity index (χ4v) is 5.04. The number of nitrogens with zero attached hydrogens (tertiary/aromatic N) is 4. The Kier molecular flexibility index (Phi) is 6.18. The fourth-order valence-electron chi connectivity index (χ4n) is 4.02. The van der Waals surface area contributed by atoms with Crippen LogP contribution in [0.5, 0.6) is 5.75 Å². The summed E-state index contributed by atoms with van der Waals surface area (Å²) in [5, 5.41) is 6.57. The van der Waals surface area contributed by atoms with Crippen molar-refractivity contribution < 1.29 is 14.3 Å². The van der Waals surface area contributed by atoms with Crippen molar-refractivity contribution >= 4 is 44.3 Å². The highest BCUT2D eigenvalue weighted by Gasteiger charge is 2.30. The van der Waals surface area contributed by atoms with Crippen LogP contribution in [0.4, 0.5) is 10.8 Å². The molecule has 1 aromatic carbocycles. The van der Waals surface area contributed by atoms with Gasteiger partial charge in [-0.25, -0.2) is 4.98 Å². The number of piperidine rings is 1. The van der Waals surface area contributed by atoms with E-state index in [0.29, 0.717) is 40.9 Å². The van der Waals surface area contributed by atoms with Crippen molar-refractivity contribution in [1.82, 2.24) is 19.9 Å². The summed E-state index contributed by atoms with van der Waals surface area (Å²) in [7, 11) is 1.55. The van der Waals surface area contributed by atoms with Crippen LogP contribution < -0.4 is 25.8 Å². The van der Waals surface area contributed by atoms with Crippen LogP contribution in [0.1, 0.15) is 25.7 Å². The van der Waals surface area contributed by atoms with Gasteiger partial charge in [0.1, 0.15) is 23.3 Å². The van der Waals surface area contributed by atoms with Gasteiger partial charge in [-0.1, -0.05) is 17.4 Å². The first-order valence-electron chi connectivity index (χ1n) is 11.4. The number of anilines is 2. The number of methoxy groups -OCH3 is 1. The molecule has 0 unspecified atom stereocenters. The van der Waals surface area contributed by atoms with Crippen molar-refractivity contribution in [1.29, 1.82) is 0 Å². The Balaban J connectivity index is 1.24. The van der Waals surface area contributed by atoms with Gasteiger partial charge in [0.25, 0.3) is 5.56 Å². The van der Waals surface area contributed by atoms with E-state index in [0.717, 1.165) is 30.8 Å². The van der Waals surface area contributed by atoms with E-state index in [2.05, 4.69) is 25.5 Å². The maximum absolute atomic E-state index is 13.0. The predicted molar refractivity (Wildman–Crippen MR) is 129 cm³/mol. The lowest BCUT2D eigenvalue weighted by atomic mass is 9.96. The summed E-state index contributed by atoms with van der Waals surface area (Å²) in [5.74, 6) is 0.475. The van der Waals surface area contributed by atoms with Crippen molar-refractivity contribution in [2.24, 2.45) is 5.92 Å². The summed E-state index contributed by atoms with van der Waals surface area (Å²) in [6, 6.07) is 7.38. The fraction of sp³-hybridized carbons (Fsp3) is 0.435. The molecule has 2 aromatic heterocycles. The molecule has 1 aliphatic carbocycles. The molecule has 0 bridgehead atoms. The van der Waals surface area contributed by atoms with Gasteiger partial charge in [0, 0.05) is 36.8 Å². The van der Waals surface area contributed by atoms with Crippen molar-refractivity contribution in [3.8, 4) is 5.75 Å². The van der Waals surface area contributed by atoms with E-state index < -0.39 is 0 Å². The molecule has 3 heterocycles. The Morgan fingerprint density at radius 3 is 2.74 bits per heavy atom. The first-order chi connectivity index (χ1) is 16.5. The van der Waals surface area contributed by atoms with Gasteiger partial charge < -0.3 is 20.3 Å². The number of fused-ring (bicyclic) bond motifs is 1. The van der Waals surface area contributed by atoms with E-state index in [1.807, 2.05) is 0 Å². The first kappa shape index (κ1) is 22.3. The predicted octanol–water partition coefficient (Wildman–Crippen LogP) is 2.00. The van der Waals surface area contributed by atoms with Crippen LogP contribution in [0.3, 0.4) is 0 Å². The lowest BCUT2D eigenvalue weighted by Gasteiger charge is -2.30. The van der Waals surface area contributed by atoms with Gasteiger partial charge >= 0.3 is 0 Å². The average Bonchev–Trinajstić information content (AvgIpc) is 3.55. The van der Waals surface area contributed by atoms with Gasteiger partial charge in [0.05, 0.1) is 7.11 Å². The molecule has 0 atom stereocenters. The zero-order valence-corrected chi connectivity index (χ0v) is 19.6. The van der Waals surface area contributed by atoms with Crippen molar-refractivity contribution in [3.63, 3.8) is 0 Å². The van der Waals surface area contributed by atoms with E-state index in [-0.39, 0.29) is 29.8 Å². The number of hydrogen-bond acceptors (Lipinski definition) is 8. The topological polar surface area (TPSA) is 118 Å². The SMILES string of the molecule is COc1cccc(NC(=O)Cn2cnc3nc(N4CCC(C(=O)NC5CC5)CC4)sc3c2=O)c1. The Morgan fingerprint density at radius 2 is 2.00 bits per heavy atom. The van der Waals surface area contributed by atoms with Gasteiger partial charge in [-0.05, 0) is 37.8 Å². The summed E-state index contributed by atoms with van der Waals surface area (Å²) in [6.45, 7) is 1.26. The third-order valence-corrected chi connectivity index (χ3v) is 7.19. The second-order valence-electron chi connectivity index (χ2n) is 8.65. The Hall–Kier alpha value is -3.47. The van der Waals surface area contributed by atoms with Crippen molar-refractivity contribution in [3.05, 3.63) is 40.9 Å². The molecule has 0 radical (unpaired) electrons. The zero-order valence-electron chi connectivity index (χ0n) is 18.8. The van der Waals surface area contributed by atoms with E-state index in [1.165, 1.54) is 22.2 Å². The number of nitrogens with one attached hydrogen (secondary N) is 2. The van der Waals surface area contributed by atoms with Crippen LogP contribution >= 0.6 is 11.3 Å². The second kappa shape index (κ2) is 9.41. The summed E-state index contributed by atoms with van der Waals surface area (Å²) in [6.07, 6.45) is 5.05. The zero-order chi connectivity index (χ0) is 23.7. The van der Waals surface area contributed by atoms with Crippen LogP contribution in [0, 0.1) is 5.92 Å². The number of amides is 2. The number of ether oxygens (including phenoxy) is 1. The number of hydrogen-bond donors (Lipinski definition) is 2. The lowest BCUT2D eigenvalue weighted by Crippen LogP contribution is -2.41. The number of carbonyl (C=O) groups excluding carboxylic acids is 2. The summed E-state index contributed by atoms with van der Waals surface area (Å²) in [4.78, 5) is 48.7. The van der Waals surface area contributed by atoms with Crippen LogP contribution in [-0.4, -0.2) is 52.6 Å². The number of rotatable bonds is 7. The van der Waals surface area contributed by atoms with E-state index in [4.69, 9.17) is 4.74 Å². The van der Waals surface area contributed by atoms with Crippen LogP contribution in [0.25, 0.3) is 10.3 Å². The summed E-state index contributed by atoms with van der Waals surface area (Å²) >= 11 is 1.28. The Morgan fingerprint density at radius 1 is 1.21 bits per heavy atom. The molecule has 1 saturated carbocycles. The summed E-state index contributed by atoms with van der Waals surface area (Å²) in [5.41, 5.74) is 0.664. The minimum Gasteiger partial charge on any atom is -0.497 e. The quantitative estimate of drug-likeness (QED) is 0.529. The third-order valence-electron chi connectivity index (χ3n) is 6.10. The molecule has 1 aliphatic heterocycles. The molecule has 34 heavy (non-hydrogen) atoms. The van der Waals surface area contributed by atoms with E-state index in [9.17, 15) is 14.4 Å². The molecule has 2 fully saturated rings. The van der Waals surface area contributed by atoms with Gasteiger partial charge in [0.2, 0.25) is 11.8 Å². The monoisotopic (exact) mass is 482 g/mol. The Bertz CT molecular complexity index is 1280. The maximum atomic E-state index is 13.0. The number of benzene rings is 1. The van der Waals surface area contributed by atoms with Gasteiger partial charge in [-0.15, -0.1) is 0 Å². The smallest absolute Gasteiger partial charge is 0.273 e. The molecule has 2 amide bonds. The molecule has 178 valence electrons. The highest BCUT2D eigenvalue weighted by molar-refractivity contribution is 7.22. The van der Waals surface area contributed by atoms with Crippen LogP contribution in [0.2, 0.25) is 0 Å². The molecule has 11 heteroatoms. The minimum absolute atomic E-state index is 0.0321. The maximum Gasteiger partial charge on any atom is 0.273 e. The molecule has 10 nitrogen and oxygen atoms in total. The number of carbonyl (C=O) groups is 2. The normalized spacial score (nSPS) is 16.4. The second-order valence-corrected chi connectivity index (χ2v) is 9.63. The van der Waals surface area contributed by atoms with E-state index in [1.54, 1.807) is 31.4 Å². The van der Waals surface area contributed by atoms with Crippen LogP contribution in [0.15, 0.2) is 35.4 Å². The molecule has 1 saturated heterocycles. The van der Waals surface area contributed by atoms with E-state index >= 15 is 0 Å². The number of aromatic nitrogens is 3. The highest BCUT2D eigenvalue weighted by Crippen LogP contribution is 2.30. The molecule has 0 spiro atoms. The molecule has 5 rings (SSSR count). The Labute approximate surface area is 200 Å². The number of thiazole rings is 1. The van der Waals surface area contributed by atoms with Gasteiger partial charge in [-0.2, -0.15) is 4.98 Å². The third kappa shape index (κ3) is 4.89. The van der Waals surface area contributed by atoms with Gasteiger partial charge in [0.15, 0.2) is 10.8 Å². The van der Waals surface area contributed by atoms with Crippen molar-refractivity contribution in [2.45, 2.75) is 38.3 Å². The first-order valence-corrected chi connectivity index (χ1v) is 12.2. The molecule has 3 aromatic rings. The molecular formula is C23H26N6O4S. The minimum atomic E-state index is -0.340. The highest BCUT2D eigenvalue weighted by atomic mass is 32.1. The largest absolute Gasteiger partial charge is 0.497 e. The standard InChI is InChI=1S/C23H26N6O4S/c1-33-17-4-2-3-16(11-17)25-18(30)12-29-13-24-20-19(22(29)32)34-23(27-20)28-9-7-14(8-10-28)21(31)26-15-5-6-15/h2-4,11,13-15H,5-10,12H2,1H3,(H,25,30)(H,26,31). The molecule has 2 aliphatic rings. The average molecular weight is 483 g/mol. The molecular weight excluding hydrogens is 456 g/mol.